The predicted octanol–water partition coefficient (Wildman–Crippen LogP) is -2.67. The largest absolute Gasteiger partial charge is 1.00 e. The monoisotopic (exact) mass is 256 g/mol. The van der Waals surface area contributed by atoms with E-state index in [0.717, 1.165) is 0 Å². The van der Waals surface area contributed by atoms with E-state index < -0.39 is 0 Å². The Morgan fingerprint density at radius 3 is 2.25 bits per heavy atom. The number of carbonyl (C=O) groups excluding carboxylic acids is 2. The van der Waals surface area contributed by atoms with Crippen molar-refractivity contribution in [3.8, 4) is 0 Å². The first-order chi connectivity index (χ1) is 6.74. The third kappa shape index (κ3) is 2.22. The van der Waals surface area contributed by atoms with Gasteiger partial charge in [0.05, 0.1) is 0 Å². The molecular formula is C10H9ClN2O2S. The zero-order valence-electron chi connectivity index (χ0n) is 8.18. The van der Waals surface area contributed by atoms with Crippen molar-refractivity contribution in [2.75, 3.05) is 0 Å². The normalized spacial score (nSPS) is 13.1. The minimum atomic E-state index is -0.372. The van der Waals surface area contributed by atoms with E-state index in [1.54, 1.807) is 24.3 Å². The number of carbonyl (C=O) groups is 2. The Balaban J connectivity index is 0.00000112. The molecule has 0 atom stereocenters. The summed E-state index contributed by atoms with van der Waals surface area (Å²) < 4.78 is 0. The summed E-state index contributed by atoms with van der Waals surface area (Å²) in [5, 5.41) is 0. The predicted molar refractivity (Wildman–Crippen MR) is 59.9 cm³/mol. The van der Waals surface area contributed by atoms with Crippen LogP contribution in [-0.2, 0) is 13.5 Å². The number of hydrogen-bond acceptors (Lipinski definition) is 2. The van der Waals surface area contributed by atoms with Gasteiger partial charge in [-0.15, -0.1) is 0 Å². The van der Waals surface area contributed by atoms with Crippen molar-refractivity contribution in [3.05, 3.63) is 40.9 Å². The fourth-order valence-corrected chi connectivity index (χ4v) is 1.49. The number of fused-ring (bicyclic) bond motifs is 1. The standard InChI is InChI=1S/C10H6N2O2.ClH.H2S/c11-12-8-5-9(13)6-3-1-2-4-7(6)10(8)14;;/h1-4H,5H2;1H;1H2. The molecule has 0 unspecified atom stereocenters. The second kappa shape index (κ2) is 5.61. The Labute approximate surface area is 105 Å². The number of nitrogens with zero attached hydrogens (tertiary/aromatic N) is 2. The van der Waals surface area contributed by atoms with E-state index in [-0.39, 0.29) is 49.6 Å². The summed E-state index contributed by atoms with van der Waals surface area (Å²) in [5.74, 6) is -0.560. The number of benzene rings is 1. The summed E-state index contributed by atoms with van der Waals surface area (Å²) in [6.07, 6.45) is -0.119. The van der Waals surface area contributed by atoms with Gasteiger partial charge in [0.2, 0.25) is 0 Å². The maximum absolute atomic E-state index is 11.6. The van der Waals surface area contributed by atoms with Gasteiger partial charge in [-0.1, -0.05) is 37.8 Å². The molecule has 0 heterocycles. The van der Waals surface area contributed by atoms with Gasteiger partial charge in [0.15, 0.2) is 5.78 Å². The molecule has 6 heteroatoms. The van der Waals surface area contributed by atoms with Gasteiger partial charge in [-0.25, -0.2) is 0 Å². The molecule has 0 amide bonds. The molecule has 0 aromatic heterocycles. The van der Waals surface area contributed by atoms with Crippen LogP contribution in [0.5, 0.6) is 0 Å². The first-order valence-electron chi connectivity index (χ1n) is 4.12. The highest BCUT2D eigenvalue weighted by atomic mass is 35.5. The van der Waals surface area contributed by atoms with Crippen LogP contribution in [-0.4, -0.2) is 22.1 Å². The summed E-state index contributed by atoms with van der Waals surface area (Å²) in [6, 6.07) is 6.53. The van der Waals surface area contributed by atoms with Crippen LogP contribution >= 0.6 is 0 Å². The first kappa shape index (κ1) is 14.6. The average Bonchev–Trinajstić information content (AvgIpc) is 2.23. The molecule has 16 heavy (non-hydrogen) atoms. The molecule has 0 radical (unpaired) electrons. The number of rotatable bonds is 0. The Hall–Kier alpha value is -1.42. The quantitative estimate of drug-likeness (QED) is 0.289. The van der Waals surface area contributed by atoms with E-state index in [1.807, 2.05) is 0 Å². The Kier molecular flexibility index (Phi) is 5.11. The third-order valence-corrected chi connectivity index (χ3v) is 2.18. The topological polar surface area (TPSA) is 70.5 Å². The molecule has 0 saturated heterocycles. The molecular weight excluding hydrogens is 248 g/mol. The van der Waals surface area contributed by atoms with Crippen molar-refractivity contribution < 1.29 is 26.8 Å². The molecule has 0 saturated carbocycles. The minimum absolute atomic E-state index is 0. The Morgan fingerprint density at radius 1 is 1.12 bits per heavy atom. The van der Waals surface area contributed by atoms with Crippen LogP contribution in [0.15, 0.2) is 24.3 Å². The molecule has 0 spiro atoms. The summed E-state index contributed by atoms with van der Waals surface area (Å²) in [7, 11) is 0. The lowest BCUT2D eigenvalue weighted by atomic mass is 9.88. The highest BCUT2D eigenvalue weighted by Crippen LogP contribution is 2.18. The third-order valence-electron chi connectivity index (χ3n) is 2.18. The van der Waals surface area contributed by atoms with Gasteiger partial charge in [0.1, 0.15) is 6.42 Å². The fourth-order valence-electron chi connectivity index (χ4n) is 1.49. The zero-order valence-corrected chi connectivity index (χ0v) is 10.1. The Bertz CT molecular complexity index is 495. The molecule has 1 aliphatic carbocycles. The van der Waals surface area contributed by atoms with E-state index in [2.05, 4.69) is 4.79 Å². The lowest BCUT2D eigenvalue weighted by Crippen LogP contribution is -3.00. The molecule has 0 aliphatic heterocycles. The second-order valence-electron chi connectivity index (χ2n) is 3.02. The number of ketones is 2. The van der Waals surface area contributed by atoms with Crippen LogP contribution in [0.2, 0.25) is 0 Å². The van der Waals surface area contributed by atoms with Crippen LogP contribution in [0.4, 0.5) is 0 Å². The van der Waals surface area contributed by atoms with Crippen molar-refractivity contribution >= 4 is 30.8 Å². The van der Waals surface area contributed by atoms with Crippen LogP contribution in [0.1, 0.15) is 27.1 Å². The van der Waals surface area contributed by atoms with E-state index >= 15 is 0 Å². The molecule has 1 aromatic carbocycles. The van der Waals surface area contributed by atoms with Gasteiger partial charge in [0, 0.05) is 11.1 Å². The van der Waals surface area contributed by atoms with Crippen molar-refractivity contribution in [1.29, 1.82) is 0 Å². The van der Waals surface area contributed by atoms with Crippen LogP contribution < -0.4 is 12.4 Å². The zero-order chi connectivity index (χ0) is 10.1. The van der Waals surface area contributed by atoms with Gasteiger partial charge in [0.25, 0.3) is 5.78 Å². The SMILES string of the molecule is [Cl-].[N-]=[N+]=C1CC(=O)c2ccccc2C1=O.[SH3+]. The summed E-state index contributed by atoms with van der Waals surface area (Å²) >= 11 is 0. The maximum Gasteiger partial charge on any atom is 0.347 e. The first-order valence-corrected chi connectivity index (χ1v) is 4.12. The van der Waals surface area contributed by atoms with Crippen molar-refractivity contribution in [3.63, 3.8) is 0 Å². The average molecular weight is 257 g/mol. The Morgan fingerprint density at radius 2 is 1.69 bits per heavy atom. The van der Waals surface area contributed by atoms with Crippen molar-refractivity contribution in [1.82, 2.24) is 0 Å². The number of hydrogen-bond donors (Lipinski definition) is 0. The van der Waals surface area contributed by atoms with Gasteiger partial charge >= 0.3 is 5.71 Å². The van der Waals surface area contributed by atoms with E-state index in [1.165, 1.54) is 0 Å². The molecule has 1 aromatic rings. The summed E-state index contributed by atoms with van der Waals surface area (Å²) in [5.41, 5.74) is 9.15. The number of halogens is 1. The number of Topliss-reactive ketones (excluding diaryl/α,β-unsaturated/α-hetero) is 2. The van der Waals surface area contributed by atoms with Gasteiger partial charge in [-0.3, -0.25) is 9.59 Å². The lowest BCUT2D eigenvalue weighted by Gasteiger charge is -2.08. The summed E-state index contributed by atoms with van der Waals surface area (Å²) in [6.45, 7) is 0. The molecule has 84 valence electrons. The highest BCUT2D eigenvalue weighted by Gasteiger charge is 2.34. The summed E-state index contributed by atoms with van der Waals surface area (Å²) in [4.78, 5) is 25.8. The minimum Gasteiger partial charge on any atom is -1.00 e. The molecule has 2 rings (SSSR count). The molecule has 0 N–H and O–H groups in total. The molecule has 0 fully saturated rings. The maximum atomic E-state index is 11.6. The van der Waals surface area contributed by atoms with Gasteiger partial charge < -0.3 is 17.9 Å². The van der Waals surface area contributed by atoms with Crippen LogP contribution in [0.3, 0.4) is 0 Å². The van der Waals surface area contributed by atoms with Crippen molar-refractivity contribution in [2.24, 2.45) is 0 Å². The van der Waals surface area contributed by atoms with Crippen LogP contribution in [0, 0.1) is 0 Å². The lowest BCUT2D eigenvalue weighted by molar-refractivity contribution is -0.00893. The van der Waals surface area contributed by atoms with Crippen LogP contribution in [0.25, 0.3) is 5.53 Å². The second-order valence-corrected chi connectivity index (χ2v) is 3.02. The fraction of sp³-hybridized carbons (Fsp3) is 0.100. The van der Waals surface area contributed by atoms with Crippen molar-refractivity contribution in [2.45, 2.75) is 6.42 Å². The van der Waals surface area contributed by atoms with Gasteiger partial charge in [-0.05, 0) is 0 Å². The molecule has 0 bridgehead atoms. The van der Waals surface area contributed by atoms with Gasteiger partial charge in [-0.2, -0.15) is 4.79 Å². The van der Waals surface area contributed by atoms with E-state index in [0.29, 0.717) is 11.1 Å². The highest BCUT2D eigenvalue weighted by molar-refractivity contribution is 7.37. The molecule has 4 nitrogen and oxygen atoms in total. The molecule has 1 aliphatic rings. The smallest absolute Gasteiger partial charge is 0.347 e. The van der Waals surface area contributed by atoms with E-state index in [9.17, 15) is 9.59 Å². The van der Waals surface area contributed by atoms with E-state index in [4.69, 9.17) is 5.53 Å².